The molecule has 0 aliphatic carbocycles. The first kappa shape index (κ1) is 15.3. The Hall–Kier alpha value is -2.57. The number of halogens is 1. The fourth-order valence-corrected chi connectivity index (χ4v) is 2.51. The molecule has 0 bridgehead atoms. The van der Waals surface area contributed by atoms with Gasteiger partial charge < -0.3 is 16.2 Å². The van der Waals surface area contributed by atoms with Crippen molar-refractivity contribution >= 4 is 10.9 Å². The molecule has 118 valence electrons. The fraction of sp³-hybridized carbons (Fsp3) is 0.176. The molecule has 0 saturated heterocycles. The van der Waals surface area contributed by atoms with Gasteiger partial charge in [-0.15, -0.1) is 0 Å². The van der Waals surface area contributed by atoms with Crippen LogP contribution in [0.2, 0.25) is 0 Å². The molecule has 1 atom stereocenters. The Morgan fingerprint density at radius 2 is 1.96 bits per heavy atom. The summed E-state index contributed by atoms with van der Waals surface area (Å²) >= 11 is 0. The fourth-order valence-electron chi connectivity index (χ4n) is 2.51. The van der Waals surface area contributed by atoms with Crippen LogP contribution in [0.5, 0.6) is 5.75 Å². The van der Waals surface area contributed by atoms with Gasteiger partial charge in [-0.2, -0.15) is 0 Å². The summed E-state index contributed by atoms with van der Waals surface area (Å²) in [7, 11) is 1.49. The van der Waals surface area contributed by atoms with Crippen molar-refractivity contribution in [1.29, 1.82) is 0 Å². The van der Waals surface area contributed by atoms with E-state index in [2.05, 4.69) is 9.97 Å². The summed E-state index contributed by atoms with van der Waals surface area (Å²) in [6, 6.07) is 11.3. The van der Waals surface area contributed by atoms with Gasteiger partial charge in [0.1, 0.15) is 17.4 Å². The molecular formula is C17H17FN4O. The average Bonchev–Trinajstić information content (AvgIpc) is 2.60. The Morgan fingerprint density at radius 1 is 1.17 bits per heavy atom. The average molecular weight is 312 g/mol. The third kappa shape index (κ3) is 2.86. The highest BCUT2D eigenvalue weighted by atomic mass is 19.1. The van der Waals surface area contributed by atoms with E-state index in [-0.39, 0.29) is 6.54 Å². The number of nitrogens with two attached hydrogens (primary N) is 2. The van der Waals surface area contributed by atoms with Gasteiger partial charge in [0.05, 0.1) is 30.9 Å². The summed E-state index contributed by atoms with van der Waals surface area (Å²) in [6.07, 6.45) is 0. The Labute approximate surface area is 133 Å². The van der Waals surface area contributed by atoms with Gasteiger partial charge >= 0.3 is 0 Å². The van der Waals surface area contributed by atoms with Crippen molar-refractivity contribution in [2.24, 2.45) is 11.5 Å². The minimum absolute atomic E-state index is 0.190. The normalized spacial score (nSPS) is 12.3. The lowest BCUT2D eigenvalue weighted by Crippen LogP contribution is -2.18. The first-order valence-electron chi connectivity index (χ1n) is 7.18. The molecule has 0 radical (unpaired) electrons. The van der Waals surface area contributed by atoms with Gasteiger partial charge in [0.2, 0.25) is 0 Å². The predicted molar refractivity (Wildman–Crippen MR) is 86.4 cm³/mol. The maximum absolute atomic E-state index is 14.3. The van der Waals surface area contributed by atoms with E-state index in [1.54, 1.807) is 12.1 Å². The summed E-state index contributed by atoms with van der Waals surface area (Å²) in [5.41, 5.74) is 13.6. The topological polar surface area (TPSA) is 87.0 Å². The number of benzene rings is 2. The van der Waals surface area contributed by atoms with Crippen molar-refractivity contribution < 1.29 is 9.13 Å². The number of nitrogens with zero attached hydrogens (tertiary/aromatic N) is 2. The Kier molecular flexibility index (Phi) is 4.18. The summed E-state index contributed by atoms with van der Waals surface area (Å²) in [4.78, 5) is 8.80. The second-order valence-corrected chi connectivity index (χ2v) is 5.11. The highest BCUT2D eigenvalue weighted by Gasteiger charge is 2.19. The van der Waals surface area contributed by atoms with Crippen LogP contribution in [0.4, 0.5) is 4.39 Å². The third-order valence-corrected chi connectivity index (χ3v) is 3.70. The molecule has 23 heavy (non-hydrogen) atoms. The van der Waals surface area contributed by atoms with Crippen LogP contribution in [-0.2, 0) is 6.54 Å². The lowest BCUT2D eigenvalue weighted by Gasteiger charge is -2.16. The predicted octanol–water partition coefficient (Wildman–Crippen LogP) is 2.28. The van der Waals surface area contributed by atoms with Crippen molar-refractivity contribution in [2.75, 3.05) is 7.11 Å². The standard InChI is InChI=1S/C17H17FN4O/c1-23-10-6-7-11(13(18)8-10)16(20)17-12-4-2-3-5-14(12)21-15(9-19)22-17/h2-8,16H,9,19-20H2,1H3. The molecule has 3 rings (SSSR count). The summed E-state index contributed by atoms with van der Waals surface area (Å²) < 4.78 is 19.3. The van der Waals surface area contributed by atoms with Crippen LogP contribution in [0.3, 0.4) is 0 Å². The Balaban J connectivity index is 2.15. The number of ether oxygens (including phenoxy) is 1. The lowest BCUT2D eigenvalue weighted by atomic mass is 10.00. The van der Waals surface area contributed by atoms with E-state index in [1.807, 2.05) is 24.3 Å². The van der Waals surface area contributed by atoms with Gasteiger partial charge in [0.15, 0.2) is 0 Å². The molecule has 1 heterocycles. The second kappa shape index (κ2) is 6.28. The number of rotatable bonds is 4. The quantitative estimate of drug-likeness (QED) is 0.772. The molecule has 0 fully saturated rings. The second-order valence-electron chi connectivity index (χ2n) is 5.11. The van der Waals surface area contributed by atoms with Gasteiger partial charge in [-0.05, 0) is 12.1 Å². The van der Waals surface area contributed by atoms with Crippen LogP contribution in [0, 0.1) is 5.82 Å². The monoisotopic (exact) mass is 312 g/mol. The maximum atomic E-state index is 14.3. The molecule has 4 N–H and O–H groups in total. The van der Waals surface area contributed by atoms with Crippen LogP contribution in [0.1, 0.15) is 23.1 Å². The highest BCUT2D eigenvalue weighted by Crippen LogP contribution is 2.28. The van der Waals surface area contributed by atoms with Crippen LogP contribution in [-0.4, -0.2) is 17.1 Å². The zero-order chi connectivity index (χ0) is 16.4. The van der Waals surface area contributed by atoms with Crippen molar-refractivity contribution in [3.8, 4) is 5.75 Å². The number of fused-ring (bicyclic) bond motifs is 1. The minimum atomic E-state index is -0.723. The van der Waals surface area contributed by atoms with Crippen LogP contribution < -0.4 is 16.2 Å². The molecule has 0 amide bonds. The van der Waals surface area contributed by atoms with E-state index >= 15 is 0 Å². The van der Waals surface area contributed by atoms with Crippen LogP contribution >= 0.6 is 0 Å². The van der Waals surface area contributed by atoms with E-state index in [9.17, 15) is 4.39 Å². The summed E-state index contributed by atoms with van der Waals surface area (Å²) in [6.45, 7) is 0.190. The first-order chi connectivity index (χ1) is 11.1. The highest BCUT2D eigenvalue weighted by molar-refractivity contribution is 5.81. The van der Waals surface area contributed by atoms with Gasteiger partial charge in [-0.1, -0.05) is 24.3 Å². The summed E-state index contributed by atoms with van der Waals surface area (Å²) in [5, 5.41) is 0.785. The third-order valence-electron chi connectivity index (χ3n) is 3.70. The molecule has 0 saturated carbocycles. The number of hydrogen-bond donors (Lipinski definition) is 2. The smallest absolute Gasteiger partial charge is 0.142 e. The van der Waals surface area contributed by atoms with E-state index < -0.39 is 11.9 Å². The molecule has 6 heteroatoms. The van der Waals surface area contributed by atoms with Crippen molar-refractivity contribution in [3.63, 3.8) is 0 Å². The van der Waals surface area contributed by atoms with Gasteiger partial charge in [0, 0.05) is 17.0 Å². The maximum Gasteiger partial charge on any atom is 0.142 e. The first-order valence-corrected chi connectivity index (χ1v) is 7.18. The number of methoxy groups -OCH3 is 1. The van der Waals surface area contributed by atoms with Crippen molar-refractivity contribution in [2.45, 2.75) is 12.6 Å². The van der Waals surface area contributed by atoms with Crippen molar-refractivity contribution in [3.05, 3.63) is 65.4 Å². The van der Waals surface area contributed by atoms with Crippen LogP contribution in [0.15, 0.2) is 42.5 Å². The van der Waals surface area contributed by atoms with E-state index in [1.165, 1.54) is 13.2 Å². The zero-order valence-corrected chi connectivity index (χ0v) is 12.7. The number of para-hydroxylation sites is 1. The minimum Gasteiger partial charge on any atom is -0.497 e. The largest absolute Gasteiger partial charge is 0.497 e. The number of aromatic nitrogens is 2. The molecule has 1 aromatic heterocycles. The van der Waals surface area contributed by atoms with Crippen molar-refractivity contribution in [1.82, 2.24) is 9.97 Å². The van der Waals surface area contributed by atoms with E-state index in [4.69, 9.17) is 16.2 Å². The molecule has 5 nitrogen and oxygen atoms in total. The molecule has 1 unspecified atom stereocenters. The van der Waals surface area contributed by atoms with Gasteiger partial charge in [-0.3, -0.25) is 0 Å². The van der Waals surface area contributed by atoms with Crippen LogP contribution in [0.25, 0.3) is 10.9 Å². The van der Waals surface area contributed by atoms with E-state index in [0.29, 0.717) is 22.8 Å². The van der Waals surface area contributed by atoms with E-state index in [0.717, 1.165) is 10.9 Å². The molecule has 0 spiro atoms. The van der Waals surface area contributed by atoms with Gasteiger partial charge in [0.25, 0.3) is 0 Å². The molecule has 2 aromatic carbocycles. The Bertz CT molecular complexity index is 853. The zero-order valence-electron chi connectivity index (χ0n) is 12.7. The van der Waals surface area contributed by atoms with Gasteiger partial charge in [-0.25, -0.2) is 14.4 Å². The molecular weight excluding hydrogens is 295 g/mol. The Morgan fingerprint density at radius 3 is 2.65 bits per heavy atom. The molecule has 3 aromatic rings. The summed E-state index contributed by atoms with van der Waals surface area (Å²) in [5.74, 6) is 0.477. The molecule has 0 aliphatic rings. The number of hydrogen-bond acceptors (Lipinski definition) is 5. The molecule has 0 aliphatic heterocycles. The lowest BCUT2D eigenvalue weighted by molar-refractivity contribution is 0.410. The SMILES string of the molecule is COc1ccc(C(N)c2nc(CN)nc3ccccc23)c(F)c1.